The van der Waals surface area contributed by atoms with Crippen molar-refractivity contribution >= 4 is 16.5 Å². The number of nitrogens with zero attached hydrogens (tertiary/aromatic N) is 2. The molecule has 20 heavy (non-hydrogen) atoms. The second-order valence-electron chi connectivity index (χ2n) is 5.21. The predicted octanol–water partition coefficient (Wildman–Crippen LogP) is 2.82. The molecular weight excluding hydrogens is 270 g/mol. The van der Waals surface area contributed by atoms with Gasteiger partial charge in [-0.3, -0.25) is 4.79 Å². The summed E-state index contributed by atoms with van der Waals surface area (Å²) >= 11 is 1.56. The molecule has 0 aromatic carbocycles. The molecule has 0 atom stereocenters. The fourth-order valence-corrected chi connectivity index (χ4v) is 3.46. The van der Waals surface area contributed by atoms with E-state index < -0.39 is 0 Å². The number of hydrogen-bond donors (Lipinski definition) is 1. The molecule has 0 saturated heterocycles. The molecule has 0 bridgehead atoms. The van der Waals surface area contributed by atoms with Crippen molar-refractivity contribution in [1.29, 1.82) is 0 Å². The summed E-state index contributed by atoms with van der Waals surface area (Å²) in [5.41, 5.74) is 4.09. The van der Waals surface area contributed by atoms with Crippen molar-refractivity contribution in [1.82, 2.24) is 9.55 Å². The number of thiazole rings is 1. The predicted molar refractivity (Wildman–Crippen MR) is 83.6 cm³/mol. The van der Waals surface area contributed by atoms with Crippen LogP contribution in [0.3, 0.4) is 0 Å². The van der Waals surface area contributed by atoms with Crippen LogP contribution in [-0.2, 0) is 19.9 Å². The highest BCUT2D eigenvalue weighted by atomic mass is 32.1. The van der Waals surface area contributed by atoms with Crippen LogP contribution in [0, 0.1) is 0 Å². The van der Waals surface area contributed by atoms with Crippen LogP contribution in [0.4, 0.5) is 5.13 Å². The molecule has 106 valence electrons. The molecule has 0 amide bonds. The average molecular weight is 289 g/mol. The van der Waals surface area contributed by atoms with Crippen LogP contribution >= 0.6 is 11.3 Å². The van der Waals surface area contributed by atoms with Gasteiger partial charge in [0.1, 0.15) is 0 Å². The largest absolute Gasteiger partial charge is 0.362 e. The summed E-state index contributed by atoms with van der Waals surface area (Å²) < 4.78 is 1.80. The zero-order valence-electron chi connectivity index (χ0n) is 11.9. The molecule has 0 aliphatic heterocycles. The number of anilines is 1. The Bertz CT molecular complexity index is 687. The third-order valence-electron chi connectivity index (χ3n) is 3.80. The van der Waals surface area contributed by atoms with Gasteiger partial charge < -0.3 is 9.88 Å². The van der Waals surface area contributed by atoms with E-state index in [1.165, 1.54) is 11.3 Å². The van der Waals surface area contributed by atoms with Crippen LogP contribution in [-0.4, -0.2) is 16.1 Å². The molecule has 4 nitrogen and oxygen atoms in total. The maximum absolute atomic E-state index is 12.5. The van der Waals surface area contributed by atoms with Crippen molar-refractivity contribution in [3.63, 3.8) is 0 Å². The molecule has 0 radical (unpaired) electrons. The van der Waals surface area contributed by atoms with Crippen LogP contribution in [0.1, 0.15) is 31.0 Å². The van der Waals surface area contributed by atoms with Crippen LogP contribution in [0.5, 0.6) is 0 Å². The minimum Gasteiger partial charge on any atom is -0.362 e. The van der Waals surface area contributed by atoms with Gasteiger partial charge in [-0.15, -0.1) is 11.3 Å². The van der Waals surface area contributed by atoms with Gasteiger partial charge in [0.05, 0.1) is 11.3 Å². The summed E-state index contributed by atoms with van der Waals surface area (Å²) in [6, 6.07) is 2.04. The number of aromatic nitrogens is 2. The van der Waals surface area contributed by atoms with Crippen LogP contribution in [0.25, 0.3) is 11.3 Å². The molecule has 2 heterocycles. The second kappa shape index (κ2) is 5.40. The Balaban J connectivity index is 2.00. The van der Waals surface area contributed by atoms with E-state index in [-0.39, 0.29) is 5.56 Å². The lowest BCUT2D eigenvalue weighted by Crippen LogP contribution is -2.22. The van der Waals surface area contributed by atoms with E-state index in [4.69, 9.17) is 0 Å². The van der Waals surface area contributed by atoms with Crippen LogP contribution in [0.15, 0.2) is 16.2 Å². The standard InChI is InChI=1S/C15H19N3OS/c1-3-7-16-15-17-12(9-20-15)11-8-10-5-4-6-13(10)18(2)14(11)19/h8-9H,3-7H2,1-2H3,(H,16,17). The van der Waals surface area contributed by atoms with Gasteiger partial charge in [-0.1, -0.05) is 6.92 Å². The summed E-state index contributed by atoms with van der Waals surface area (Å²) in [7, 11) is 1.87. The molecule has 1 aliphatic carbocycles. The summed E-state index contributed by atoms with van der Waals surface area (Å²) in [5.74, 6) is 0. The fourth-order valence-electron chi connectivity index (χ4n) is 2.72. The summed E-state index contributed by atoms with van der Waals surface area (Å²) in [4.78, 5) is 17.0. The first kappa shape index (κ1) is 13.4. The van der Waals surface area contributed by atoms with E-state index in [0.717, 1.165) is 48.6 Å². The van der Waals surface area contributed by atoms with Crippen molar-refractivity contribution in [2.75, 3.05) is 11.9 Å². The average Bonchev–Trinajstić information content (AvgIpc) is 3.09. The summed E-state index contributed by atoms with van der Waals surface area (Å²) in [6.45, 7) is 3.03. The first-order valence-electron chi connectivity index (χ1n) is 7.12. The number of nitrogens with one attached hydrogen (secondary N) is 1. The van der Waals surface area contributed by atoms with Gasteiger partial charge in [-0.25, -0.2) is 4.98 Å². The maximum Gasteiger partial charge on any atom is 0.259 e. The SMILES string of the molecule is CCCNc1nc(-c2cc3c(n(C)c2=O)CCC3)cs1. The highest BCUT2D eigenvalue weighted by molar-refractivity contribution is 7.14. The van der Waals surface area contributed by atoms with Crippen LogP contribution in [0.2, 0.25) is 0 Å². The summed E-state index contributed by atoms with van der Waals surface area (Å²) in [5, 5.41) is 6.13. The lowest BCUT2D eigenvalue weighted by atomic mass is 10.1. The van der Waals surface area contributed by atoms with Gasteiger partial charge in [-0.05, 0) is 37.3 Å². The summed E-state index contributed by atoms with van der Waals surface area (Å²) in [6.07, 6.45) is 4.30. The maximum atomic E-state index is 12.5. The van der Waals surface area contributed by atoms with E-state index in [1.54, 1.807) is 15.9 Å². The third kappa shape index (κ3) is 2.26. The van der Waals surface area contributed by atoms with Crippen molar-refractivity contribution in [2.24, 2.45) is 7.05 Å². The Labute approximate surface area is 122 Å². The minimum absolute atomic E-state index is 0.0676. The fraction of sp³-hybridized carbons (Fsp3) is 0.467. The van der Waals surface area contributed by atoms with Crippen molar-refractivity contribution < 1.29 is 0 Å². The van der Waals surface area contributed by atoms with Gasteiger partial charge in [0.15, 0.2) is 5.13 Å². The number of pyridine rings is 1. The molecule has 0 fully saturated rings. The van der Waals surface area contributed by atoms with Gasteiger partial charge in [0.25, 0.3) is 5.56 Å². The molecule has 2 aromatic heterocycles. The Kier molecular flexibility index (Phi) is 3.61. The first-order chi connectivity index (χ1) is 9.70. The van der Waals surface area contributed by atoms with Gasteiger partial charge in [0.2, 0.25) is 0 Å². The Hall–Kier alpha value is -1.62. The molecule has 0 saturated carbocycles. The van der Waals surface area contributed by atoms with Gasteiger partial charge in [0, 0.05) is 24.7 Å². The monoisotopic (exact) mass is 289 g/mol. The topological polar surface area (TPSA) is 46.9 Å². The smallest absolute Gasteiger partial charge is 0.259 e. The normalized spacial score (nSPS) is 13.5. The van der Waals surface area contributed by atoms with E-state index in [0.29, 0.717) is 0 Å². The van der Waals surface area contributed by atoms with E-state index in [9.17, 15) is 4.79 Å². The highest BCUT2D eigenvalue weighted by Gasteiger charge is 2.19. The van der Waals surface area contributed by atoms with Crippen LogP contribution < -0.4 is 10.9 Å². The number of rotatable bonds is 4. The van der Waals surface area contributed by atoms with Gasteiger partial charge >= 0.3 is 0 Å². The van der Waals surface area contributed by atoms with E-state index in [1.807, 2.05) is 18.5 Å². The van der Waals surface area contributed by atoms with E-state index in [2.05, 4.69) is 17.2 Å². The molecule has 0 spiro atoms. The lowest BCUT2D eigenvalue weighted by molar-refractivity contribution is 0.780. The van der Waals surface area contributed by atoms with Gasteiger partial charge in [-0.2, -0.15) is 0 Å². The zero-order chi connectivity index (χ0) is 14.1. The number of hydrogen-bond acceptors (Lipinski definition) is 4. The first-order valence-corrected chi connectivity index (χ1v) is 8.00. The van der Waals surface area contributed by atoms with E-state index >= 15 is 0 Å². The third-order valence-corrected chi connectivity index (χ3v) is 4.60. The Morgan fingerprint density at radius 1 is 1.45 bits per heavy atom. The van der Waals surface area contributed by atoms with Crippen molar-refractivity contribution in [2.45, 2.75) is 32.6 Å². The second-order valence-corrected chi connectivity index (χ2v) is 6.07. The highest BCUT2D eigenvalue weighted by Crippen LogP contribution is 2.27. The minimum atomic E-state index is 0.0676. The van der Waals surface area contributed by atoms with Crippen molar-refractivity contribution in [3.05, 3.63) is 33.1 Å². The number of aryl methyl sites for hydroxylation is 1. The number of fused-ring (bicyclic) bond motifs is 1. The molecule has 1 aliphatic rings. The Morgan fingerprint density at radius 2 is 2.30 bits per heavy atom. The molecule has 1 N–H and O–H groups in total. The zero-order valence-corrected chi connectivity index (χ0v) is 12.7. The molecule has 5 heteroatoms. The molecule has 0 unspecified atom stereocenters. The quantitative estimate of drug-likeness (QED) is 0.941. The Morgan fingerprint density at radius 3 is 3.10 bits per heavy atom. The molecular formula is C15H19N3OS. The van der Waals surface area contributed by atoms with Crippen molar-refractivity contribution in [3.8, 4) is 11.3 Å². The molecule has 3 rings (SSSR count). The molecule has 2 aromatic rings. The lowest BCUT2D eigenvalue weighted by Gasteiger charge is -2.08.